The zero-order valence-electron chi connectivity index (χ0n) is 11.3. The second-order valence-corrected chi connectivity index (χ2v) is 5.34. The van der Waals surface area contributed by atoms with Gasteiger partial charge in [0.05, 0.1) is 17.3 Å². The quantitative estimate of drug-likeness (QED) is 0.882. The number of halogens is 3. The van der Waals surface area contributed by atoms with Crippen molar-refractivity contribution in [1.82, 2.24) is 10.2 Å². The Morgan fingerprint density at radius 2 is 1.86 bits per heavy atom. The van der Waals surface area contributed by atoms with E-state index in [1.807, 2.05) is 4.90 Å². The molecule has 0 bridgehead atoms. The van der Waals surface area contributed by atoms with Gasteiger partial charge in [0.15, 0.2) is 0 Å². The topological polar surface area (TPSA) is 28.4 Å². The summed E-state index contributed by atoms with van der Waals surface area (Å²) in [5.41, 5.74) is 0.133. The number of hydrogen-bond donors (Lipinski definition) is 1. The number of hydrogen-bond acceptors (Lipinski definition) is 3. The van der Waals surface area contributed by atoms with Crippen molar-refractivity contribution >= 4 is 11.6 Å². The van der Waals surface area contributed by atoms with Gasteiger partial charge in [-0.2, -0.15) is 0 Å². The van der Waals surface area contributed by atoms with E-state index in [9.17, 15) is 8.78 Å². The molecule has 1 aromatic heterocycles. The molecule has 3 nitrogen and oxygen atoms in total. The summed E-state index contributed by atoms with van der Waals surface area (Å²) in [5.74, 6) is -0.593. The summed E-state index contributed by atoms with van der Waals surface area (Å²) < 4.78 is 33.5. The summed E-state index contributed by atoms with van der Waals surface area (Å²) in [6.07, 6.45) is 1.52. The summed E-state index contributed by atoms with van der Waals surface area (Å²) in [6.45, 7) is 2.98. The first kappa shape index (κ1) is 14.5. The lowest BCUT2D eigenvalue weighted by Crippen LogP contribution is -2.45. The molecule has 2 aromatic rings. The Morgan fingerprint density at radius 3 is 2.52 bits per heavy atom. The van der Waals surface area contributed by atoms with E-state index in [-0.39, 0.29) is 10.6 Å². The van der Waals surface area contributed by atoms with Gasteiger partial charge in [0, 0.05) is 31.7 Å². The third-order valence-corrected chi connectivity index (χ3v) is 4.07. The maximum absolute atomic E-state index is 14.3. The molecule has 1 aliphatic heterocycles. The zero-order chi connectivity index (χ0) is 14.8. The average molecular weight is 313 g/mol. The van der Waals surface area contributed by atoms with E-state index in [0.717, 1.165) is 25.2 Å². The summed E-state index contributed by atoms with van der Waals surface area (Å²) in [7, 11) is 0. The second-order valence-electron chi connectivity index (χ2n) is 4.96. The highest BCUT2D eigenvalue weighted by Gasteiger charge is 2.31. The van der Waals surface area contributed by atoms with Crippen molar-refractivity contribution in [3.63, 3.8) is 0 Å². The zero-order valence-corrected chi connectivity index (χ0v) is 12.0. The van der Waals surface area contributed by atoms with Gasteiger partial charge in [0.2, 0.25) is 0 Å². The van der Waals surface area contributed by atoms with Gasteiger partial charge in [-0.15, -0.1) is 0 Å². The predicted octanol–water partition coefficient (Wildman–Crippen LogP) is 3.21. The molecule has 0 aliphatic carbocycles. The summed E-state index contributed by atoms with van der Waals surface area (Å²) in [5, 5.41) is 3.05. The molecule has 112 valence electrons. The Kier molecular flexibility index (Phi) is 4.24. The average Bonchev–Trinajstić information content (AvgIpc) is 3.02. The Hall–Kier alpha value is -1.43. The van der Waals surface area contributed by atoms with Crippen LogP contribution in [0.3, 0.4) is 0 Å². The lowest BCUT2D eigenvalue weighted by atomic mass is 10.0. The maximum Gasteiger partial charge on any atom is 0.142 e. The van der Waals surface area contributed by atoms with E-state index >= 15 is 0 Å². The normalized spacial score (nSPS) is 17.9. The Morgan fingerprint density at radius 1 is 1.14 bits per heavy atom. The van der Waals surface area contributed by atoms with Crippen molar-refractivity contribution in [2.45, 2.75) is 6.04 Å². The van der Waals surface area contributed by atoms with E-state index in [1.165, 1.54) is 6.26 Å². The van der Waals surface area contributed by atoms with Crippen LogP contribution in [-0.4, -0.2) is 31.1 Å². The van der Waals surface area contributed by atoms with Gasteiger partial charge in [-0.3, -0.25) is 4.90 Å². The van der Waals surface area contributed by atoms with E-state index in [2.05, 4.69) is 5.32 Å². The Labute approximate surface area is 126 Å². The van der Waals surface area contributed by atoms with Crippen molar-refractivity contribution < 1.29 is 13.2 Å². The minimum Gasteiger partial charge on any atom is -0.467 e. The largest absolute Gasteiger partial charge is 0.467 e. The summed E-state index contributed by atoms with van der Waals surface area (Å²) in [6, 6.07) is 5.11. The van der Waals surface area contributed by atoms with Crippen LogP contribution >= 0.6 is 11.6 Å². The van der Waals surface area contributed by atoms with Gasteiger partial charge in [-0.05, 0) is 24.3 Å². The highest BCUT2D eigenvalue weighted by molar-refractivity contribution is 6.31. The van der Waals surface area contributed by atoms with Gasteiger partial charge in [-0.25, -0.2) is 8.78 Å². The maximum atomic E-state index is 14.3. The molecule has 1 atom stereocenters. The van der Waals surface area contributed by atoms with E-state index in [4.69, 9.17) is 16.0 Å². The minimum atomic E-state index is -0.625. The SMILES string of the molecule is Fc1ccc(F)c([C@@H](c2ccco2)N2CCNCC2)c1Cl. The minimum absolute atomic E-state index is 0.133. The third kappa shape index (κ3) is 2.81. The highest BCUT2D eigenvalue weighted by atomic mass is 35.5. The number of rotatable bonds is 3. The first-order valence-electron chi connectivity index (χ1n) is 6.80. The molecule has 2 heterocycles. The predicted molar refractivity (Wildman–Crippen MR) is 76.4 cm³/mol. The van der Waals surface area contributed by atoms with Crippen LogP contribution in [0.15, 0.2) is 34.9 Å². The van der Waals surface area contributed by atoms with Crippen molar-refractivity contribution in [3.05, 3.63) is 58.5 Å². The van der Waals surface area contributed by atoms with Gasteiger partial charge < -0.3 is 9.73 Å². The van der Waals surface area contributed by atoms with E-state index in [1.54, 1.807) is 12.1 Å². The first-order valence-corrected chi connectivity index (χ1v) is 7.18. The fourth-order valence-corrected chi connectivity index (χ4v) is 2.94. The van der Waals surface area contributed by atoms with Crippen LogP contribution in [0.4, 0.5) is 8.78 Å². The van der Waals surface area contributed by atoms with Gasteiger partial charge in [0.1, 0.15) is 17.4 Å². The molecular weight excluding hydrogens is 298 g/mol. The molecule has 1 fully saturated rings. The molecule has 0 amide bonds. The standard InChI is InChI=1S/C15H15ClF2N2O/c16-14-11(18)4-3-10(17)13(14)15(12-2-1-9-21-12)20-7-5-19-6-8-20/h1-4,9,15,19H,5-8H2/t15-/m1/s1. The van der Waals surface area contributed by atoms with Crippen LogP contribution in [0.2, 0.25) is 5.02 Å². The molecule has 0 unspecified atom stereocenters. The second kappa shape index (κ2) is 6.13. The van der Waals surface area contributed by atoms with Crippen LogP contribution in [0, 0.1) is 11.6 Å². The van der Waals surface area contributed by atoms with Crippen LogP contribution in [0.25, 0.3) is 0 Å². The lowest BCUT2D eigenvalue weighted by molar-refractivity contribution is 0.177. The number of piperazine rings is 1. The molecule has 1 N–H and O–H groups in total. The van der Waals surface area contributed by atoms with Crippen molar-refractivity contribution in [3.8, 4) is 0 Å². The smallest absolute Gasteiger partial charge is 0.142 e. The van der Waals surface area contributed by atoms with Crippen LogP contribution in [0.1, 0.15) is 17.4 Å². The molecule has 3 rings (SSSR count). The molecule has 0 saturated carbocycles. The number of furan rings is 1. The van der Waals surface area contributed by atoms with Crippen LogP contribution in [-0.2, 0) is 0 Å². The molecular formula is C15H15ClF2N2O. The molecule has 1 aromatic carbocycles. The molecule has 21 heavy (non-hydrogen) atoms. The number of nitrogens with one attached hydrogen (secondary N) is 1. The summed E-state index contributed by atoms with van der Waals surface area (Å²) >= 11 is 6.03. The first-order chi connectivity index (χ1) is 10.2. The highest BCUT2D eigenvalue weighted by Crippen LogP contribution is 2.36. The van der Waals surface area contributed by atoms with E-state index < -0.39 is 17.7 Å². The van der Waals surface area contributed by atoms with Crippen molar-refractivity contribution in [1.29, 1.82) is 0 Å². The van der Waals surface area contributed by atoms with Crippen LogP contribution in [0.5, 0.6) is 0 Å². The monoisotopic (exact) mass is 312 g/mol. The van der Waals surface area contributed by atoms with Gasteiger partial charge in [0.25, 0.3) is 0 Å². The Bertz CT molecular complexity index is 612. The van der Waals surface area contributed by atoms with Gasteiger partial charge >= 0.3 is 0 Å². The fourth-order valence-electron chi connectivity index (χ4n) is 2.69. The molecule has 0 radical (unpaired) electrons. The Balaban J connectivity index is 2.09. The number of benzene rings is 1. The molecule has 1 aliphatic rings. The number of nitrogens with zero attached hydrogens (tertiary/aromatic N) is 1. The fraction of sp³-hybridized carbons (Fsp3) is 0.333. The van der Waals surface area contributed by atoms with Gasteiger partial charge in [-0.1, -0.05) is 11.6 Å². The third-order valence-electron chi connectivity index (χ3n) is 3.68. The van der Waals surface area contributed by atoms with E-state index in [0.29, 0.717) is 18.8 Å². The molecule has 6 heteroatoms. The van der Waals surface area contributed by atoms with Crippen LogP contribution < -0.4 is 5.32 Å². The lowest BCUT2D eigenvalue weighted by Gasteiger charge is -2.34. The summed E-state index contributed by atoms with van der Waals surface area (Å²) in [4.78, 5) is 2.04. The van der Waals surface area contributed by atoms with Crippen molar-refractivity contribution in [2.75, 3.05) is 26.2 Å². The molecule has 1 saturated heterocycles. The molecule has 0 spiro atoms. The van der Waals surface area contributed by atoms with Crippen molar-refractivity contribution in [2.24, 2.45) is 0 Å².